The molecule has 0 aliphatic carbocycles. The summed E-state index contributed by atoms with van der Waals surface area (Å²) in [7, 11) is 0. The van der Waals surface area contributed by atoms with Crippen LogP contribution in [0.3, 0.4) is 0 Å². The number of amides is 1. The lowest BCUT2D eigenvalue weighted by atomic mass is 10.1. The van der Waals surface area contributed by atoms with Gasteiger partial charge in [0.25, 0.3) is 5.91 Å². The number of aryl methyl sites for hydroxylation is 1. The van der Waals surface area contributed by atoms with Gasteiger partial charge in [-0.1, -0.05) is 42.0 Å². The topological polar surface area (TPSA) is 66.9 Å². The molecule has 25 heavy (non-hydrogen) atoms. The molecule has 0 aliphatic heterocycles. The zero-order chi connectivity index (χ0) is 17.6. The highest BCUT2D eigenvalue weighted by molar-refractivity contribution is 9.10. The van der Waals surface area contributed by atoms with E-state index in [0.717, 1.165) is 4.47 Å². The zero-order valence-corrected chi connectivity index (χ0v) is 15.2. The molecule has 6 heteroatoms. The second kappa shape index (κ2) is 7.90. The van der Waals surface area contributed by atoms with Crippen LogP contribution in [0.1, 0.15) is 21.5 Å². The third-order valence-electron chi connectivity index (χ3n) is 3.58. The molecule has 0 bridgehead atoms. The summed E-state index contributed by atoms with van der Waals surface area (Å²) in [5, 5.41) is 14.1. The van der Waals surface area contributed by atoms with Crippen molar-refractivity contribution in [3.05, 3.63) is 81.8 Å². The van der Waals surface area contributed by atoms with Crippen molar-refractivity contribution in [2.75, 3.05) is 10.6 Å². The van der Waals surface area contributed by atoms with E-state index in [1.165, 1.54) is 11.1 Å². The van der Waals surface area contributed by atoms with Gasteiger partial charge < -0.3 is 10.6 Å². The van der Waals surface area contributed by atoms with Crippen molar-refractivity contribution in [3.63, 3.8) is 0 Å². The lowest BCUT2D eigenvalue weighted by Crippen LogP contribution is -2.14. The summed E-state index contributed by atoms with van der Waals surface area (Å²) in [6.45, 7) is 2.73. The van der Waals surface area contributed by atoms with Gasteiger partial charge in [0.2, 0.25) is 0 Å². The summed E-state index contributed by atoms with van der Waals surface area (Å²) in [6, 6.07) is 19.0. The maximum Gasteiger partial charge on any atom is 0.258 e. The average molecular weight is 397 g/mol. The first-order chi connectivity index (χ1) is 12.1. The second-order valence-corrected chi connectivity index (χ2v) is 6.43. The number of carbonyl (C=O) groups excluding carboxylic acids is 1. The van der Waals surface area contributed by atoms with E-state index in [1.54, 1.807) is 18.2 Å². The summed E-state index contributed by atoms with van der Waals surface area (Å²) < 4.78 is 0.733. The van der Waals surface area contributed by atoms with Crippen LogP contribution < -0.4 is 10.6 Å². The number of carbonyl (C=O) groups is 1. The quantitative estimate of drug-likeness (QED) is 0.669. The van der Waals surface area contributed by atoms with E-state index in [-0.39, 0.29) is 5.91 Å². The average Bonchev–Trinajstić information content (AvgIpc) is 2.61. The minimum atomic E-state index is -0.234. The van der Waals surface area contributed by atoms with Crippen molar-refractivity contribution in [2.24, 2.45) is 0 Å². The van der Waals surface area contributed by atoms with Gasteiger partial charge in [0.15, 0.2) is 5.82 Å². The molecular formula is C19H17BrN4O. The number of anilines is 2. The molecule has 126 valence electrons. The van der Waals surface area contributed by atoms with Crippen LogP contribution in [0.2, 0.25) is 0 Å². The largest absolute Gasteiger partial charge is 0.365 e. The van der Waals surface area contributed by atoms with Crippen molar-refractivity contribution in [3.8, 4) is 0 Å². The van der Waals surface area contributed by atoms with Gasteiger partial charge in [-0.25, -0.2) is 0 Å². The van der Waals surface area contributed by atoms with E-state index in [1.807, 2.05) is 24.3 Å². The first-order valence-corrected chi connectivity index (χ1v) is 8.60. The van der Waals surface area contributed by atoms with E-state index >= 15 is 0 Å². The van der Waals surface area contributed by atoms with Crippen molar-refractivity contribution in [1.82, 2.24) is 10.2 Å². The lowest BCUT2D eigenvalue weighted by molar-refractivity contribution is 0.102. The third-order valence-corrected chi connectivity index (χ3v) is 4.27. The number of hydrogen-bond acceptors (Lipinski definition) is 4. The molecule has 0 unspecified atom stereocenters. The Labute approximate surface area is 154 Å². The fourth-order valence-electron chi connectivity index (χ4n) is 2.34. The second-order valence-electron chi connectivity index (χ2n) is 5.58. The Morgan fingerprint density at radius 1 is 1.00 bits per heavy atom. The maximum absolute atomic E-state index is 12.2. The van der Waals surface area contributed by atoms with Crippen LogP contribution in [0, 0.1) is 6.92 Å². The van der Waals surface area contributed by atoms with Crippen molar-refractivity contribution >= 4 is 33.5 Å². The Balaban J connectivity index is 1.60. The smallest absolute Gasteiger partial charge is 0.258 e. The molecule has 1 aromatic heterocycles. The summed E-state index contributed by atoms with van der Waals surface area (Å²) in [5.74, 6) is 0.824. The first kappa shape index (κ1) is 17.1. The first-order valence-electron chi connectivity index (χ1n) is 7.81. The molecule has 3 rings (SSSR count). The van der Waals surface area contributed by atoms with Crippen LogP contribution in [0.25, 0.3) is 0 Å². The standard InChI is InChI=1S/C19H17BrN4O/c1-13-5-4-6-14(11-13)12-21-17-9-10-18(24-23-17)22-19(25)15-7-2-3-8-16(15)20/h2-11H,12H2,1H3,(H,21,23)(H,22,24,25). The Bertz CT molecular complexity index is 881. The number of nitrogens with one attached hydrogen (secondary N) is 2. The number of rotatable bonds is 5. The molecule has 2 aromatic carbocycles. The van der Waals surface area contributed by atoms with Crippen LogP contribution in [-0.2, 0) is 6.54 Å². The summed E-state index contributed by atoms with van der Waals surface area (Å²) in [6.07, 6.45) is 0. The van der Waals surface area contributed by atoms with Crippen molar-refractivity contribution in [2.45, 2.75) is 13.5 Å². The number of hydrogen-bond donors (Lipinski definition) is 2. The predicted octanol–water partition coefficient (Wildman–Crippen LogP) is 4.41. The van der Waals surface area contributed by atoms with Gasteiger partial charge in [-0.3, -0.25) is 4.79 Å². The molecule has 0 atom stereocenters. The number of benzene rings is 2. The van der Waals surface area contributed by atoms with Crippen LogP contribution in [0.5, 0.6) is 0 Å². The molecule has 1 heterocycles. The highest BCUT2D eigenvalue weighted by Gasteiger charge is 2.10. The Morgan fingerprint density at radius 3 is 2.48 bits per heavy atom. The third kappa shape index (κ3) is 4.64. The van der Waals surface area contributed by atoms with E-state index in [2.05, 4.69) is 61.9 Å². The molecule has 5 nitrogen and oxygen atoms in total. The van der Waals surface area contributed by atoms with Gasteiger partial charge >= 0.3 is 0 Å². The molecule has 2 N–H and O–H groups in total. The van der Waals surface area contributed by atoms with Crippen LogP contribution in [0.15, 0.2) is 65.1 Å². The summed E-state index contributed by atoms with van der Waals surface area (Å²) in [5.41, 5.74) is 2.94. The maximum atomic E-state index is 12.2. The molecule has 0 radical (unpaired) electrons. The SMILES string of the molecule is Cc1cccc(CNc2ccc(NC(=O)c3ccccc3Br)nn2)c1. The van der Waals surface area contributed by atoms with Crippen LogP contribution in [-0.4, -0.2) is 16.1 Å². The Hall–Kier alpha value is -2.73. The molecular weight excluding hydrogens is 380 g/mol. The fraction of sp³-hybridized carbons (Fsp3) is 0.105. The highest BCUT2D eigenvalue weighted by atomic mass is 79.9. The van der Waals surface area contributed by atoms with E-state index in [0.29, 0.717) is 23.7 Å². The zero-order valence-electron chi connectivity index (χ0n) is 13.7. The van der Waals surface area contributed by atoms with E-state index in [9.17, 15) is 4.79 Å². The van der Waals surface area contributed by atoms with Crippen LogP contribution in [0.4, 0.5) is 11.6 Å². The van der Waals surface area contributed by atoms with Gasteiger partial charge in [0.1, 0.15) is 5.82 Å². The van der Waals surface area contributed by atoms with Crippen LogP contribution >= 0.6 is 15.9 Å². The van der Waals surface area contributed by atoms with Crippen molar-refractivity contribution < 1.29 is 4.79 Å². The minimum absolute atomic E-state index is 0.234. The van der Waals surface area contributed by atoms with Gasteiger partial charge in [-0.05, 0) is 52.7 Å². The molecule has 0 spiro atoms. The molecule has 3 aromatic rings. The number of nitrogens with zero attached hydrogens (tertiary/aromatic N) is 2. The molecule has 0 fully saturated rings. The van der Waals surface area contributed by atoms with Gasteiger partial charge in [0.05, 0.1) is 5.56 Å². The lowest BCUT2D eigenvalue weighted by Gasteiger charge is -2.08. The Morgan fingerprint density at radius 2 is 1.76 bits per heavy atom. The molecule has 1 amide bonds. The summed E-state index contributed by atoms with van der Waals surface area (Å²) in [4.78, 5) is 12.2. The highest BCUT2D eigenvalue weighted by Crippen LogP contribution is 2.17. The molecule has 0 aliphatic rings. The number of aromatic nitrogens is 2. The van der Waals surface area contributed by atoms with Crippen molar-refractivity contribution in [1.29, 1.82) is 0 Å². The Kier molecular flexibility index (Phi) is 5.40. The van der Waals surface area contributed by atoms with Gasteiger partial charge in [0, 0.05) is 11.0 Å². The van der Waals surface area contributed by atoms with Gasteiger partial charge in [-0.2, -0.15) is 0 Å². The fourth-order valence-corrected chi connectivity index (χ4v) is 2.80. The normalized spacial score (nSPS) is 10.3. The molecule has 0 saturated heterocycles. The van der Waals surface area contributed by atoms with Gasteiger partial charge in [-0.15, -0.1) is 10.2 Å². The number of halogens is 1. The minimum Gasteiger partial charge on any atom is -0.365 e. The molecule has 0 saturated carbocycles. The summed E-state index contributed by atoms with van der Waals surface area (Å²) >= 11 is 3.36. The van der Waals surface area contributed by atoms with E-state index in [4.69, 9.17) is 0 Å². The van der Waals surface area contributed by atoms with E-state index < -0.39 is 0 Å². The predicted molar refractivity (Wildman–Crippen MR) is 103 cm³/mol. The monoisotopic (exact) mass is 396 g/mol.